The van der Waals surface area contributed by atoms with Crippen molar-refractivity contribution < 1.29 is 13.2 Å². The molecule has 0 unspecified atom stereocenters. The van der Waals surface area contributed by atoms with Crippen molar-refractivity contribution in [1.29, 1.82) is 0 Å². The van der Waals surface area contributed by atoms with Gasteiger partial charge < -0.3 is 4.74 Å². The zero-order valence-corrected chi connectivity index (χ0v) is 12.9. The van der Waals surface area contributed by atoms with E-state index >= 15 is 0 Å². The topological polar surface area (TPSA) is 97.0 Å². The Labute approximate surface area is 127 Å². The Morgan fingerprint density at radius 2 is 2.24 bits per heavy atom. The lowest BCUT2D eigenvalue weighted by Gasteiger charge is -2.10. The van der Waals surface area contributed by atoms with E-state index in [1.54, 1.807) is 0 Å². The van der Waals surface area contributed by atoms with Gasteiger partial charge in [0.25, 0.3) is 0 Å². The summed E-state index contributed by atoms with van der Waals surface area (Å²) in [6, 6.07) is 4.39. The highest BCUT2D eigenvalue weighted by molar-refractivity contribution is 7.89. The molecule has 0 aliphatic carbocycles. The van der Waals surface area contributed by atoms with Crippen LogP contribution in [-0.2, 0) is 16.4 Å². The quantitative estimate of drug-likeness (QED) is 0.747. The molecule has 7 nitrogen and oxygen atoms in total. The van der Waals surface area contributed by atoms with Crippen molar-refractivity contribution in [3.05, 3.63) is 35.4 Å². The van der Waals surface area contributed by atoms with Crippen molar-refractivity contribution >= 4 is 21.6 Å². The van der Waals surface area contributed by atoms with Gasteiger partial charge in [-0.25, -0.2) is 18.1 Å². The highest BCUT2D eigenvalue weighted by Gasteiger charge is 2.19. The molecule has 1 aromatic carbocycles. The second-order valence-electron chi connectivity index (χ2n) is 4.23. The molecule has 0 radical (unpaired) electrons. The summed E-state index contributed by atoms with van der Waals surface area (Å²) < 4.78 is 32.0. The van der Waals surface area contributed by atoms with Gasteiger partial charge >= 0.3 is 0 Å². The summed E-state index contributed by atoms with van der Waals surface area (Å²) in [6.07, 6.45) is 2.63. The number of H-pyrrole nitrogens is 1. The lowest BCUT2D eigenvalue weighted by molar-refractivity contribution is 0.402. The third kappa shape index (κ3) is 4.16. The molecule has 1 heterocycles. The van der Waals surface area contributed by atoms with Gasteiger partial charge in [0.15, 0.2) is 0 Å². The average molecular weight is 331 g/mol. The fourth-order valence-electron chi connectivity index (χ4n) is 1.75. The van der Waals surface area contributed by atoms with Crippen molar-refractivity contribution in [2.24, 2.45) is 0 Å². The molecule has 0 saturated carbocycles. The molecule has 2 rings (SSSR count). The van der Waals surface area contributed by atoms with Crippen LogP contribution in [0.15, 0.2) is 29.4 Å². The number of aromatic nitrogens is 3. The molecule has 0 fully saturated rings. The molecule has 0 aliphatic heterocycles. The number of nitrogens with one attached hydrogen (secondary N) is 2. The van der Waals surface area contributed by atoms with E-state index in [-0.39, 0.29) is 17.2 Å². The van der Waals surface area contributed by atoms with Gasteiger partial charge in [-0.05, 0) is 18.6 Å². The Hall–Kier alpha value is -1.64. The number of hydrogen-bond acceptors (Lipinski definition) is 5. The second-order valence-corrected chi connectivity index (χ2v) is 6.40. The number of methoxy groups -OCH3 is 1. The van der Waals surface area contributed by atoms with Crippen LogP contribution in [0.4, 0.5) is 0 Å². The summed E-state index contributed by atoms with van der Waals surface area (Å²) in [7, 11) is -2.24. The highest BCUT2D eigenvalue weighted by atomic mass is 35.5. The number of nitrogens with zero attached hydrogens (tertiary/aromatic N) is 2. The molecule has 2 aromatic rings. The summed E-state index contributed by atoms with van der Waals surface area (Å²) in [5, 5.41) is 6.86. The summed E-state index contributed by atoms with van der Waals surface area (Å²) in [5.74, 6) is 0.934. The van der Waals surface area contributed by atoms with Crippen LogP contribution in [0.3, 0.4) is 0 Å². The summed E-state index contributed by atoms with van der Waals surface area (Å²) in [5.41, 5.74) is 0. The van der Waals surface area contributed by atoms with E-state index in [9.17, 15) is 8.42 Å². The lowest BCUT2D eigenvalue weighted by atomic mass is 10.3. The van der Waals surface area contributed by atoms with Crippen LogP contribution in [-0.4, -0.2) is 37.3 Å². The van der Waals surface area contributed by atoms with E-state index in [0.29, 0.717) is 17.9 Å². The molecule has 21 heavy (non-hydrogen) atoms. The van der Waals surface area contributed by atoms with E-state index in [1.165, 1.54) is 31.6 Å². The number of benzene rings is 1. The van der Waals surface area contributed by atoms with Crippen LogP contribution < -0.4 is 9.46 Å². The van der Waals surface area contributed by atoms with Crippen LogP contribution in [0.1, 0.15) is 12.2 Å². The second kappa shape index (κ2) is 6.88. The molecular formula is C12H15ClN4O3S. The van der Waals surface area contributed by atoms with Gasteiger partial charge in [-0.2, -0.15) is 5.10 Å². The smallest absolute Gasteiger partial charge is 0.244 e. The zero-order valence-electron chi connectivity index (χ0n) is 11.3. The number of halogens is 1. The molecule has 114 valence electrons. The van der Waals surface area contributed by atoms with E-state index in [2.05, 4.69) is 19.9 Å². The molecule has 1 aromatic heterocycles. The fourth-order valence-corrected chi connectivity index (χ4v) is 3.14. The van der Waals surface area contributed by atoms with Gasteiger partial charge in [0, 0.05) is 24.1 Å². The molecule has 0 spiro atoms. The Morgan fingerprint density at radius 3 is 2.90 bits per heavy atom. The first kappa shape index (κ1) is 15.7. The van der Waals surface area contributed by atoms with Crippen LogP contribution >= 0.6 is 11.6 Å². The van der Waals surface area contributed by atoms with E-state index in [1.807, 2.05) is 0 Å². The lowest BCUT2D eigenvalue weighted by Crippen LogP contribution is -2.25. The Bertz CT molecular complexity index is 689. The molecule has 0 aliphatic rings. The van der Waals surface area contributed by atoms with Crippen molar-refractivity contribution in [2.45, 2.75) is 17.7 Å². The molecule has 9 heteroatoms. The maximum absolute atomic E-state index is 12.2. The molecule has 0 atom stereocenters. The van der Waals surface area contributed by atoms with Crippen molar-refractivity contribution in [3.8, 4) is 5.75 Å². The molecule has 0 amide bonds. The van der Waals surface area contributed by atoms with Crippen LogP contribution in [0.5, 0.6) is 5.75 Å². The minimum atomic E-state index is -3.64. The maximum atomic E-state index is 12.2. The Balaban J connectivity index is 1.98. The van der Waals surface area contributed by atoms with Crippen molar-refractivity contribution in [2.75, 3.05) is 13.7 Å². The number of ether oxygens (including phenoxy) is 1. The SMILES string of the molecule is COc1cc(Cl)ccc1S(=O)(=O)NCCCc1ncn[nH]1. The highest BCUT2D eigenvalue weighted by Crippen LogP contribution is 2.26. The average Bonchev–Trinajstić information content (AvgIpc) is 2.96. The standard InChI is InChI=1S/C12H15ClN4O3S/c1-20-10-7-9(13)4-5-11(10)21(18,19)16-6-2-3-12-14-8-15-17-12/h4-5,7-8,16H,2-3,6H2,1H3,(H,14,15,17). The molecule has 0 bridgehead atoms. The van der Waals surface area contributed by atoms with E-state index < -0.39 is 10.0 Å². The minimum absolute atomic E-state index is 0.0639. The third-order valence-corrected chi connectivity index (χ3v) is 4.50. The first-order valence-electron chi connectivity index (χ1n) is 6.20. The summed E-state index contributed by atoms with van der Waals surface area (Å²) >= 11 is 5.82. The Kier molecular flexibility index (Phi) is 5.16. The molecule has 0 saturated heterocycles. The fraction of sp³-hybridized carbons (Fsp3) is 0.333. The number of aromatic amines is 1. The van der Waals surface area contributed by atoms with E-state index in [0.717, 1.165) is 5.82 Å². The monoisotopic (exact) mass is 330 g/mol. The van der Waals surface area contributed by atoms with Gasteiger partial charge in [0.2, 0.25) is 10.0 Å². The van der Waals surface area contributed by atoms with Crippen molar-refractivity contribution in [3.63, 3.8) is 0 Å². The van der Waals surface area contributed by atoms with Gasteiger partial charge in [0.1, 0.15) is 22.8 Å². The van der Waals surface area contributed by atoms with Gasteiger partial charge in [-0.1, -0.05) is 11.6 Å². The number of aryl methyl sites for hydroxylation is 1. The van der Waals surface area contributed by atoms with E-state index in [4.69, 9.17) is 16.3 Å². The zero-order chi connectivity index (χ0) is 15.3. The normalized spacial score (nSPS) is 11.5. The maximum Gasteiger partial charge on any atom is 0.244 e. The van der Waals surface area contributed by atoms with Gasteiger partial charge in [0.05, 0.1) is 7.11 Å². The van der Waals surface area contributed by atoms with Crippen LogP contribution in [0.25, 0.3) is 0 Å². The Morgan fingerprint density at radius 1 is 1.43 bits per heavy atom. The van der Waals surface area contributed by atoms with Crippen molar-refractivity contribution in [1.82, 2.24) is 19.9 Å². The van der Waals surface area contributed by atoms with Gasteiger partial charge in [-0.15, -0.1) is 0 Å². The number of sulfonamides is 1. The predicted octanol–water partition coefficient (Wildman–Crippen LogP) is 1.38. The van der Waals surface area contributed by atoms with Crippen LogP contribution in [0, 0.1) is 0 Å². The first-order chi connectivity index (χ1) is 10.0. The predicted molar refractivity (Wildman–Crippen MR) is 77.9 cm³/mol. The minimum Gasteiger partial charge on any atom is -0.495 e. The summed E-state index contributed by atoms with van der Waals surface area (Å²) in [4.78, 5) is 4.03. The largest absolute Gasteiger partial charge is 0.495 e. The molecule has 2 N–H and O–H groups in total. The molecular weight excluding hydrogens is 316 g/mol. The number of hydrogen-bond donors (Lipinski definition) is 2. The first-order valence-corrected chi connectivity index (χ1v) is 8.06. The number of rotatable bonds is 7. The summed E-state index contributed by atoms with van der Waals surface area (Å²) in [6.45, 7) is 0.287. The van der Waals surface area contributed by atoms with Crippen LogP contribution in [0.2, 0.25) is 5.02 Å². The third-order valence-electron chi connectivity index (χ3n) is 2.76. The van der Waals surface area contributed by atoms with Gasteiger partial charge in [-0.3, -0.25) is 5.10 Å².